The number of sulfonamides is 1. The lowest BCUT2D eigenvalue weighted by Crippen LogP contribution is -2.48. The number of aromatic nitrogens is 4. The summed E-state index contributed by atoms with van der Waals surface area (Å²) in [5.41, 5.74) is 0.954. The summed E-state index contributed by atoms with van der Waals surface area (Å²) in [5.74, 6) is 0.963. The van der Waals surface area contributed by atoms with E-state index in [-0.39, 0.29) is 5.03 Å². The molecule has 2 fully saturated rings. The average molecular weight is 362 g/mol. The van der Waals surface area contributed by atoms with E-state index in [0.717, 1.165) is 24.4 Å². The lowest BCUT2D eigenvalue weighted by atomic mass is 10.0. The molecule has 0 spiro atoms. The van der Waals surface area contributed by atoms with Gasteiger partial charge in [-0.15, -0.1) is 0 Å². The number of rotatable bonds is 5. The van der Waals surface area contributed by atoms with Crippen molar-refractivity contribution in [3.05, 3.63) is 30.6 Å². The summed E-state index contributed by atoms with van der Waals surface area (Å²) in [7, 11) is -3.47. The Kier molecular flexibility index (Phi) is 4.20. The number of imidazole rings is 1. The van der Waals surface area contributed by atoms with Gasteiger partial charge in [0.1, 0.15) is 12.1 Å². The molecular weight excluding hydrogens is 340 g/mol. The maximum Gasteiger partial charge on any atom is 0.260 e. The van der Waals surface area contributed by atoms with Gasteiger partial charge >= 0.3 is 0 Å². The van der Waals surface area contributed by atoms with E-state index in [0.29, 0.717) is 25.2 Å². The second-order valence-electron chi connectivity index (χ2n) is 6.71. The van der Waals surface area contributed by atoms with E-state index < -0.39 is 10.0 Å². The van der Waals surface area contributed by atoms with E-state index >= 15 is 0 Å². The summed E-state index contributed by atoms with van der Waals surface area (Å²) in [6.45, 7) is 2.99. The van der Waals surface area contributed by atoms with Crippen LogP contribution in [0.3, 0.4) is 0 Å². The number of nitrogens with one attached hydrogen (secondary N) is 1. The van der Waals surface area contributed by atoms with Crippen LogP contribution in [0.25, 0.3) is 0 Å². The molecule has 0 amide bonds. The molecule has 1 saturated heterocycles. The predicted octanol–water partition coefficient (Wildman–Crippen LogP) is 1.33. The van der Waals surface area contributed by atoms with Gasteiger partial charge in [0.05, 0.1) is 12.5 Å². The van der Waals surface area contributed by atoms with Crippen molar-refractivity contribution in [1.29, 1.82) is 0 Å². The Balaban J connectivity index is 1.49. The number of H-pyrrole nitrogens is 1. The summed E-state index contributed by atoms with van der Waals surface area (Å²) in [6.07, 6.45) is 8.32. The highest BCUT2D eigenvalue weighted by molar-refractivity contribution is 7.89. The highest BCUT2D eigenvalue weighted by Crippen LogP contribution is 2.35. The zero-order valence-electron chi connectivity index (χ0n) is 14.2. The van der Waals surface area contributed by atoms with Crippen molar-refractivity contribution in [3.63, 3.8) is 0 Å². The van der Waals surface area contributed by atoms with Crippen LogP contribution in [0.4, 0.5) is 5.82 Å². The monoisotopic (exact) mass is 362 g/mol. The minimum atomic E-state index is -3.47. The van der Waals surface area contributed by atoms with Gasteiger partial charge in [-0.1, -0.05) is 0 Å². The number of aromatic amines is 1. The zero-order valence-corrected chi connectivity index (χ0v) is 15.0. The Morgan fingerprint density at radius 3 is 2.48 bits per heavy atom. The lowest BCUT2D eigenvalue weighted by molar-refractivity contribution is 0.307. The third kappa shape index (κ3) is 3.25. The Bertz CT molecular complexity index is 826. The molecule has 3 heterocycles. The topological polar surface area (TPSA) is 95.1 Å². The van der Waals surface area contributed by atoms with Crippen molar-refractivity contribution >= 4 is 15.8 Å². The smallest absolute Gasteiger partial charge is 0.260 e. The molecule has 8 nitrogen and oxygen atoms in total. The molecule has 0 bridgehead atoms. The van der Waals surface area contributed by atoms with Crippen LogP contribution in [0.15, 0.2) is 29.9 Å². The predicted molar refractivity (Wildman–Crippen MR) is 92.6 cm³/mol. The van der Waals surface area contributed by atoms with Gasteiger partial charge in [0.15, 0.2) is 5.03 Å². The van der Waals surface area contributed by atoms with Crippen LogP contribution in [-0.4, -0.2) is 57.8 Å². The van der Waals surface area contributed by atoms with E-state index in [2.05, 4.69) is 24.8 Å². The summed E-state index contributed by atoms with van der Waals surface area (Å²) in [5, 5.41) is 0.163. The molecule has 2 aromatic heterocycles. The van der Waals surface area contributed by atoms with Crippen molar-refractivity contribution in [2.45, 2.75) is 49.7 Å². The number of piperidine rings is 1. The Morgan fingerprint density at radius 1 is 1.16 bits per heavy atom. The first-order valence-electron chi connectivity index (χ1n) is 8.61. The van der Waals surface area contributed by atoms with Gasteiger partial charge in [-0.05, 0) is 32.6 Å². The first-order valence-corrected chi connectivity index (χ1v) is 10.1. The van der Waals surface area contributed by atoms with Crippen LogP contribution in [0.5, 0.6) is 0 Å². The first kappa shape index (κ1) is 16.5. The van der Waals surface area contributed by atoms with Crippen molar-refractivity contribution < 1.29 is 8.42 Å². The molecule has 1 N–H and O–H groups in total. The molecule has 9 heteroatoms. The second kappa shape index (κ2) is 6.38. The first-order chi connectivity index (χ1) is 12.1. The molecular formula is C16H22N6O2S. The molecule has 1 saturated carbocycles. The maximum absolute atomic E-state index is 12.6. The van der Waals surface area contributed by atoms with Crippen molar-refractivity contribution in [2.75, 3.05) is 18.0 Å². The standard InChI is InChI=1S/C16H22N6O2S/c1-12-8-15(19-11-18-12)22(13-2-3-13)14-4-6-21(7-5-14)25(23,24)16-9-17-10-20-16/h8-11,13-14H,2-7H2,1H3,(H,17,20). The number of hydrogen-bond donors (Lipinski definition) is 1. The van der Waals surface area contributed by atoms with Gasteiger partial charge < -0.3 is 9.88 Å². The van der Waals surface area contributed by atoms with E-state index in [1.807, 2.05) is 13.0 Å². The maximum atomic E-state index is 12.6. The fraction of sp³-hybridized carbons (Fsp3) is 0.562. The lowest BCUT2D eigenvalue weighted by Gasteiger charge is -2.38. The molecule has 0 radical (unpaired) electrons. The molecule has 0 aromatic carbocycles. The quantitative estimate of drug-likeness (QED) is 0.862. The molecule has 25 heavy (non-hydrogen) atoms. The van der Waals surface area contributed by atoms with E-state index in [1.54, 1.807) is 10.6 Å². The normalized spacial score (nSPS) is 19.9. The molecule has 2 aliphatic rings. The van der Waals surface area contributed by atoms with Crippen molar-refractivity contribution in [2.24, 2.45) is 0 Å². The van der Waals surface area contributed by atoms with Gasteiger partial charge in [0, 0.05) is 36.9 Å². The third-order valence-corrected chi connectivity index (χ3v) is 6.73. The number of nitrogens with zero attached hydrogens (tertiary/aromatic N) is 5. The highest BCUT2D eigenvalue weighted by Gasteiger charge is 2.38. The molecule has 0 atom stereocenters. The third-order valence-electron chi connectivity index (χ3n) is 4.90. The van der Waals surface area contributed by atoms with Gasteiger partial charge in [0.25, 0.3) is 10.0 Å². The van der Waals surface area contributed by atoms with Crippen LogP contribution in [-0.2, 0) is 10.0 Å². The zero-order chi connectivity index (χ0) is 17.4. The molecule has 1 aliphatic carbocycles. The molecule has 4 rings (SSSR count). The Hall–Kier alpha value is -2.00. The fourth-order valence-corrected chi connectivity index (χ4v) is 4.86. The highest BCUT2D eigenvalue weighted by atomic mass is 32.2. The number of aryl methyl sites for hydroxylation is 1. The van der Waals surface area contributed by atoms with Crippen molar-refractivity contribution in [3.8, 4) is 0 Å². The van der Waals surface area contributed by atoms with Crippen LogP contribution in [0.2, 0.25) is 0 Å². The summed E-state index contributed by atoms with van der Waals surface area (Å²) in [4.78, 5) is 17.5. The minimum absolute atomic E-state index is 0.163. The summed E-state index contributed by atoms with van der Waals surface area (Å²) in [6, 6.07) is 2.86. The van der Waals surface area contributed by atoms with Gasteiger partial charge in [0.2, 0.25) is 0 Å². The summed E-state index contributed by atoms with van der Waals surface area (Å²) < 4.78 is 26.8. The molecule has 1 aliphatic heterocycles. The number of hydrogen-bond acceptors (Lipinski definition) is 6. The largest absolute Gasteiger partial charge is 0.350 e. The minimum Gasteiger partial charge on any atom is -0.350 e. The molecule has 134 valence electrons. The van der Waals surface area contributed by atoms with Gasteiger partial charge in [-0.3, -0.25) is 0 Å². The van der Waals surface area contributed by atoms with Gasteiger partial charge in [-0.25, -0.2) is 23.4 Å². The Morgan fingerprint density at radius 2 is 1.88 bits per heavy atom. The molecule has 0 unspecified atom stereocenters. The fourth-order valence-electron chi connectivity index (χ4n) is 3.49. The number of anilines is 1. The van der Waals surface area contributed by atoms with Crippen LogP contribution in [0.1, 0.15) is 31.4 Å². The van der Waals surface area contributed by atoms with Crippen LogP contribution < -0.4 is 4.90 Å². The van der Waals surface area contributed by atoms with E-state index in [1.165, 1.54) is 25.4 Å². The average Bonchev–Trinajstić information content (AvgIpc) is 3.26. The van der Waals surface area contributed by atoms with Crippen molar-refractivity contribution in [1.82, 2.24) is 24.2 Å². The summed E-state index contributed by atoms with van der Waals surface area (Å²) >= 11 is 0. The van der Waals surface area contributed by atoms with Gasteiger partial charge in [-0.2, -0.15) is 4.31 Å². The van der Waals surface area contributed by atoms with Crippen LogP contribution >= 0.6 is 0 Å². The van der Waals surface area contributed by atoms with Crippen LogP contribution in [0, 0.1) is 6.92 Å². The van der Waals surface area contributed by atoms with E-state index in [9.17, 15) is 8.42 Å². The molecule has 2 aromatic rings. The SMILES string of the molecule is Cc1cc(N(C2CC2)C2CCN(S(=O)(=O)c3cnc[nH]3)CC2)ncn1. The van der Waals surface area contributed by atoms with E-state index in [4.69, 9.17) is 0 Å². The Labute approximate surface area is 147 Å². The second-order valence-corrected chi connectivity index (χ2v) is 8.61.